The topological polar surface area (TPSA) is 77.8 Å². The number of aliphatic hydroxyl groups is 2. The van der Waals surface area contributed by atoms with Crippen LogP contribution in [0.2, 0.25) is 0 Å². The lowest BCUT2D eigenvalue weighted by Crippen LogP contribution is -2.65. The smallest absolute Gasteiger partial charge is 0.310 e. The van der Waals surface area contributed by atoms with Crippen molar-refractivity contribution in [2.45, 2.75) is 98.0 Å². The molecule has 0 heterocycles. The molecule has 0 spiro atoms. The van der Waals surface area contributed by atoms with E-state index in [-0.39, 0.29) is 28.8 Å². The van der Waals surface area contributed by atoms with Crippen LogP contribution in [-0.4, -0.2) is 34.0 Å². The summed E-state index contributed by atoms with van der Waals surface area (Å²) in [6.07, 6.45) is 11.0. The Morgan fingerprint density at radius 2 is 1.79 bits per heavy atom. The molecule has 3 N–H and O–H groups in total. The van der Waals surface area contributed by atoms with Gasteiger partial charge in [0, 0.05) is 11.3 Å². The molecule has 4 nitrogen and oxygen atoms in total. The van der Waals surface area contributed by atoms with Gasteiger partial charge in [-0.05, 0) is 92.3 Å². The zero-order valence-electron chi connectivity index (χ0n) is 21.1. The predicted molar refractivity (Wildman–Crippen MR) is 129 cm³/mol. The van der Waals surface area contributed by atoms with Crippen LogP contribution in [0, 0.1) is 44.8 Å². The van der Waals surface area contributed by atoms with E-state index in [1.54, 1.807) is 0 Å². The molecule has 0 bridgehead atoms. The van der Waals surface area contributed by atoms with Crippen molar-refractivity contribution in [2.24, 2.45) is 44.8 Å². The van der Waals surface area contributed by atoms with Crippen LogP contribution in [0.4, 0.5) is 0 Å². The average molecular weight is 457 g/mol. The molecule has 1 unspecified atom stereocenters. The zero-order valence-corrected chi connectivity index (χ0v) is 21.1. The van der Waals surface area contributed by atoms with Crippen molar-refractivity contribution < 1.29 is 20.1 Å². The molecule has 5 rings (SSSR count). The molecule has 184 valence electrons. The zero-order chi connectivity index (χ0) is 24.0. The van der Waals surface area contributed by atoms with E-state index < -0.39 is 22.9 Å². The molecule has 5 aliphatic rings. The van der Waals surface area contributed by atoms with Gasteiger partial charge >= 0.3 is 5.97 Å². The van der Waals surface area contributed by atoms with Crippen LogP contribution < -0.4 is 0 Å². The van der Waals surface area contributed by atoms with Gasteiger partial charge in [-0.2, -0.15) is 0 Å². The summed E-state index contributed by atoms with van der Waals surface area (Å²) in [7, 11) is 0. The monoisotopic (exact) mass is 456 g/mol. The number of allylic oxidation sites excluding steroid dienone is 3. The predicted octanol–water partition coefficient (Wildman–Crippen LogP) is 5.74. The van der Waals surface area contributed by atoms with Crippen LogP contribution in [0.25, 0.3) is 0 Å². The Balaban J connectivity index is 1.59. The number of hydrogen-bond donors (Lipinski definition) is 3. The first kappa shape index (κ1) is 23.6. The number of carboxylic acid groups (broad SMARTS) is 1. The minimum absolute atomic E-state index is 0.00316. The van der Waals surface area contributed by atoms with Gasteiger partial charge in [0.2, 0.25) is 0 Å². The quantitative estimate of drug-likeness (QED) is 0.463. The van der Waals surface area contributed by atoms with E-state index in [4.69, 9.17) is 0 Å². The van der Waals surface area contributed by atoms with E-state index in [0.29, 0.717) is 11.8 Å². The van der Waals surface area contributed by atoms with E-state index in [2.05, 4.69) is 40.3 Å². The Bertz CT molecular complexity index is 907. The van der Waals surface area contributed by atoms with E-state index in [0.717, 1.165) is 64.2 Å². The Morgan fingerprint density at radius 1 is 1.06 bits per heavy atom. The maximum Gasteiger partial charge on any atom is 0.310 e. The highest BCUT2D eigenvalue weighted by Crippen LogP contribution is 2.75. The first-order chi connectivity index (χ1) is 15.4. The molecule has 9 atom stereocenters. The first-order valence-corrected chi connectivity index (χ1v) is 13.3. The molecular weight excluding hydrogens is 412 g/mol. The van der Waals surface area contributed by atoms with Gasteiger partial charge in [0.05, 0.1) is 18.1 Å². The second-order valence-corrected chi connectivity index (χ2v) is 13.5. The van der Waals surface area contributed by atoms with Crippen molar-refractivity contribution in [1.82, 2.24) is 0 Å². The van der Waals surface area contributed by atoms with Crippen molar-refractivity contribution in [3.8, 4) is 0 Å². The largest absolute Gasteiger partial charge is 0.481 e. The van der Waals surface area contributed by atoms with Crippen LogP contribution in [0.15, 0.2) is 23.8 Å². The summed E-state index contributed by atoms with van der Waals surface area (Å²) in [6.45, 7) is 13.8. The lowest BCUT2D eigenvalue weighted by atomic mass is 9.34. The van der Waals surface area contributed by atoms with E-state index in [1.165, 1.54) is 11.1 Å². The van der Waals surface area contributed by atoms with Crippen molar-refractivity contribution in [3.63, 3.8) is 0 Å². The molecule has 4 fully saturated rings. The van der Waals surface area contributed by atoms with Crippen LogP contribution in [0.5, 0.6) is 0 Å². The van der Waals surface area contributed by atoms with Gasteiger partial charge < -0.3 is 15.3 Å². The maximum atomic E-state index is 12.6. The Hall–Kier alpha value is -1.13. The van der Waals surface area contributed by atoms with Crippen LogP contribution in [-0.2, 0) is 4.79 Å². The summed E-state index contributed by atoms with van der Waals surface area (Å²) in [4.78, 5) is 12.6. The molecule has 5 aliphatic carbocycles. The molecule has 4 saturated carbocycles. The van der Waals surface area contributed by atoms with Crippen molar-refractivity contribution >= 4 is 5.97 Å². The minimum atomic E-state index is -0.624. The Kier molecular flexibility index (Phi) is 5.15. The highest BCUT2D eigenvalue weighted by atomic mass is 16.4. The van der Waals surface area contributed by atoms with E-state index in [9.17, 15) is 20.1 Å². The van der Waals surface area contributed by atoms with Crippen LogP contribution in [0.3, 0.4) is 0 Å². The van der Waals surface area contributed by atoms with Crippen molar-refractivity contribution in [3.05, 3.63) is 23.8 Å². The molecule has 0 aliphatic heterocycles. The van der Waals surface area contributed by atoms with E-state index in [1.807, 2.05) is 0 Å². The van der Waals surface area contributed by atoms with Gasteiger partial charge in [-0.25, -0.2) is 0 Å². The standard InChI is InChI=1S/C29H44O4/c1-18-8-13-29(24(32)33)15-14-27(4)19(20(29)16-18)6-7-22-25(2)11-10-23(31)26(3,17-30)21(25)9-12-28(22,27)5/h6,20-23,30-31H,1,7-17H2,2-5H3,(H,32,33)/t20-,21?,22+,23-,25-,26-,27+,28+,29+/m0/s1. The highest BCUT2D eigenvalue weighted by molar-refractivity contribution is 5.77. The van der Waals surface area contributed by atoms with Crippen molar-refractivity contribution in [2.75, 3.05) is 6.61 Å². The first-order valence-electron chi connectivity index (χ1n) is 13.3. The summed E-state index contributed by atoms with van der Waals surface area (Å²) >= 11 is 0. The highest BCUT2D eigenvalue weighted by Gasteiger charge is 2.69. The van der Waals surface area contributed by atoms with Crippen LogP contribution >= 0.6 is 0 Å². The summed E-state index contributed by atoms with van der Waals surface area (Å²) < 4.78 is 0. The Labute approximate surface area is 199 Å². The maximum absolute atomic E-state index is 12.6. The van der Waals surface area contributed by atoms with Crippen LogP contribution in [0.1, 0.15) is 91.9 Å². The SMILES string of the molecule is C=C1CC[C@@]2(C(=O)O)CC[C@]3(C)C(=CC[C@@H]4[C@@]5(C)CC[C@H](O)[C@@](C)(CO)C5CC[C@]43C)[C@@H]2C1. The molecule has 0 aromatic heterocycles. The molecular formula is C29H44O4. The van der Waals surface area contributed by atoms with Gasteiger partial charge in [0.25, 0.3) is 0 Å². The second-order valence-electron chi connectivity index (χ2n) is 13.5. The van der Waals surface area contributed by atoms with Gasteiger partial charge in [-0.3, -0.25) is 4.79 Å². The second kappa shape index (κ2) is 7.20. The van der Waals surface area contributed by atoms with Gasteiger partial charge in [0.1, 0.15) is 0 Å². The Morgan fingerprint density at radius 3 is 2.45 bits per heavy atom. The fourth-order valence-electron chi connectivity index (χ4n) is 10.2. The van der Waals surface area contributed by atoms with E-state index >= 15 is 0 Å². The van der Waals surface area contributed by atoms with Gasteiger partial charge in [-0.15, -0.1) is 0 Å². The van der Waals surface area contributed by atoms with Gasteiger partial charge in [0.15, 0.2) is 0 Å². The summed E-state index contributed by atoms with van der Waals surface area (Å²) in [5, 5.41) is 31.6. The third-order valence-corrected chi connectivity index (χ3v) is 12.6. The minimum Gasteiger partial charge on any atom is -0.481 e. The normalized spacial score (nSPS) is 53.8. The third kappa shape index (κ3) is 2.74. The number of fused-ring (bicyclic) bond motifs is 7. The molecule has 0 radical (unpaired) electrons. The summed E-state index contributed by atoms with van der Waals surface area (Å²) in [5.41, 5.74) is 1.74. The number of aliphatic hydroxyl groups excluding tert-OH is 2. The number of hydrogen-bond acceptors (Lipinski definition) is 3. The summed E-state index contributed by atoms with van der Waals surface area (Å²) in [6, 6.07) is 0. The average Bonchev–Trinajstić information content (AvgIpc) is 2.77. The number of aliphatic carboxylic acids is 1. The lowest BCUT2D eigenvalue weighted by molar-refractivity contribution is -0.215. The number of rotatable bonds is 2. The fraction of sp³-hybridized carbons (Fsp3) is 0.828. The van der Waals surface area contributed by atoms with Gasteiger partial charge in [-0.1, -0.05) is 51.5 Å². The lowest BCUT2D eigenvalue weighted by Gasteiger charge is -2.71. The third-order valence-electron chi connectivity index (χ3n) is 12.6. The number of carbonyl (C=O) groups is 1. The molecule has 0 amide bonds. The fourth-order valence-corrected chi connectivity index (χ4v) is 10.2. The number of carboxylic acids is 1. The van der Waals surface area contributed by atoms with Crippen molar-refractivity contribution in [1.29, 1.82) is 0 Å². The molecule has 0 aromatic rings. The molecule has 4 heteroatoms. The summed E-state index contributed by atoms with van der Waals surface area (Å²) in [5.74, 6) is 0.270. The molecule has 0 saturated heterocycles. The molecule has 0 aromatic carbocycles. The molecule has 33 heavy (non-hydrogen) atoms.